The molecule has 0 aliphatic heterocycles. The van der Waals surface area contributed by atoms with Crippen LogP contribution in [-0.2, 0) is 11.3 Å². The van der Waals surface area contributed by atoms with E-state index in [1.807, 2.05) is 18.2 Å². The molecule has 0 amide bonds. The van der Waals surface area contributed by atoms with Crippen molar-refractivity contribution in [3.05, 3.63) is 46.2 Å². The van der Waals surface area contributed by atoms with Gasteiger partial charge in [0.2, 0.25) is 0 Å². The number of rotatable bonds is 4. The number of halogens is 1. The van der Waals surface area contributed by atoms with Crippen LogP contribution < -0.4 is 5.73 Å². The first-order chi connectivity index (χ1) is 9.11. The second-order valence-corrected chi connectivity index (χ2v) is 4.81. The molecule has 0 spiro atoms. The number of aromatic nitrogens is 2. The van der Waals surface area contributed by atoms with E-state index in [0.717, 1.165) is 10.0 Å². The lowest BCUT2D eigenvalue weighted by atomic mass is 10.2. The summed E-state index contributed by atoms with van der Waals surface area (Å²) in [7, 11) is 0. The van der Waals surface area contributed by atoms with Gasteiger partial charge in [-0.2, -0.15) is 5.10 Å². The van der Waals surface area contributed by atoms with E-state index in [1.165, 1.54) is 6.20 Å². The molecule has 0 radical (unpaired) electrons. The van der Waals surface area contributed by atoms with Crippen molar-refractivity contribution < 1.29 is 9.53 Å². The standard InChI is InChI=1S/C13H14BrN3O2/c1-2-19-13(18)9-6-16-17(7-9)8-10-11(14)4-3-5-12(10)15/h3-7H,2,8,15H2,1H3. The van der Waals surface area contributed by atoms with Crippen molar-refractivity contribution >= 4 is 27.6 Å². The van der Waals surface area contributed by atoms with E-state index in [-0.39, 0.29) is 5.97 Å². The van der Waals surface area contributed by atoms with E-state index in [9.17, 15) is 4.79 Å². The summed E-state index contributed by atoms with van der Waals surface area (Å²) in [4.78, 5) is 11.5. The summed E-state index contributed by atoms with van der Waals surface area (Å²) in [6.45, 7) is 2.61. The van der Waals surface area contributed by atoms with Crippen molar-refractivity contribution in [2.45, 2.75) is 13.5 Å². The molecule has 0 saturated heterocycles. The number of anilines is 1. The molecule has 0 fully saturated rings. The van der Waals surface area contributed by atoms with Crippen LogP contribution in [0.15, 0.2) is 35.1 Å². The molecule has 2 rings (SSSR count). The summed E-state index contributed by atoms with van der Waals surface area (Å²) in [5, 5.41) is 4.14. The molecule has 0 bridgehead atoms. The summed E-state index contributed by atoms with van der Waals surface area (Å²) in [6, 6.07) is 5.62. The van der Waals surface area contributed by atoms with Crippen molar-refractivity contribution in [3.63, 3.8) is 0 Å². The topological polar surface area (TPSA) is 70.1 Å². The lowest BCUT2D eigenvalue weighted by Crippen LogP contribution is -2.05. The third-order valence-corrected chi connectivity index (χ3v) is 3.36. The fourth-order valence-electron chi connectivity index (χ4n) is 1.67. The zero-order chi connectivity index (χ0) is 13.8. The Kier molecular flexibility index (Phi) is 4.21. The average molecular weight is 324 g/mol. The molecule has 0 unspecified atom stereocenters. The number of nitrogens with two attached hydrogens (primary N) is 1. The third kappa shape index (κ3) is 3.14. The molecule has 0 saturated carbocycles. The van der Waals surface area contributed by atoms with Crippen LogP contribution in [-0.4, -0.2) is 22.4 Å². The minimum atomic E-state index is -0.367. The molecule has 0 aliphatic rings. The van der Waals surface area contributed by atoms with Crippen LogP contribution in [0.1, 0.15) is 22.8 Å². The average Bonchev–Trinajstić information content (AvgIpc) is 2.83. The lowest BCUT2D eigenvalue weighted by Gasteiger charge is -2.08. The van der Waals surface area contributed by atoms with Gasteiger partial charge in [-0.05, 0) is 19.1 Å². The van der Waals surface area contributed by atoms with E-state index < -0.39 is 0 Å². The van der Waals surface area contributed by atoms with Crippen LogP contribution >= 0.6 is 15.9 Å². The van der Waals surface area contributed by atoms with Gasteiger partial charge in [0.25, 0.3) is 0 Å². The first-order valence-corrected chi connectivity index (χ1v) is 6.63. The lowest BCUT2D eigenvalue weighted by molar-refractivity contribution is 0.0526. The third-order valence-electron chi connectivity index (χ3n) is 2.62. The Labute approximate surface area is 119 Å². The van der Waals surface area contributed by atoms with Crippen LogP contribution in [0.4, 0.5) is 5.69 Å². The Balaban J connectivity index is 2.18. The van der Waals surface area contributed by atoms with Crippen LogP contribution in [0, 0.1) is 0 Å². The van der Waals surface area contributed by atoms with Gasteiger partial charge in [0.1, 0.15) is 0 Å². The van der Waals surface area contributed by atoms with Crippen LogP contribution in [0.25, 0.3) is 0 Å². The predicted octanol–water partition coefficient (Wildman–Crippen LogP) is 2.45. The highest BCUT2D eigenvalue weighted by Crippen LogP contribution is 2.23. The number of esters is 1. The molecule has 1 aromatic heterocycles. The molecule has 1 aromatic carbocycles. The summed E-state index contributed by atoms with van der Waals surface area (Å²) < 4.78 is 7.49. The Morgan fingerprint density at radius 1 is 1.53 bits per heavy atom. The Morgan fingerprint density at radius 3 is 3.00 bits per heavy atom. The van der Waals surface area contributed by atoms with Gasteiger partial charge >= 0.3 is 5.97 Å². The molecule has 1 heterocycles. The van der Waals surface area contributed by atoms with Crippen molar-refractivity contribution in [2.75, 3.05) is 12.3 Å². The normalized spacial score (nSPS) is 10.4. The molecule has 6 heteroatoms. The van der Waals surface area contributed by atoms with Gasteiger partial charge in [-0.25, -0.2) is 4.79 Å². The number of benzene rings is 1. The first-order valence-electron chi connectivity index (χ1n) is 5.84. The predicted molar refractivity (Wildman–Crippen MR) is 75.8 cm³/mol. The van der Waals surface area contributed by atoms with E-state index in [4.69, 9.17) is 10.5 Å². The molecule has 0 aliphatic carbocycles. The summed E-state index contributed by atoms with van der Waals surface area (Å²) >= 11 is 3.45. The van der Waals surface area contributed by atoms with Gasteiger partial charge in [-0.1, -0.05) is 22.0 Å². The maximum absolute atomic E-state index is 11.5. The van der Waals surface area contributed by atoms with Crippen LogP contribution in [0.5, 0.6) is 0 Å². The SMILES string of the molecule is CCOC(=O)c1cnn(Cc2c(N)cccc2Br)c1. The Hall–Kier alpha value is -1.82. The van der Waals surface area contributed by atoms with Gasteiger partial charge in [-0.15, -0.1) is 0 Å². The number of nitrogens with zero attached hydrogens (tertiary/aromatic N) is 2. The zero-order valence-corrected chi connectivity index (χ0v) is 12.1. The molecule has 2 aromatic rings. The summed E-state index contributed by atoms with van der Waals surface area (Å²) in [6.07, 6.45) is 3.14. The highest BCUT2D eigenvalue weighted by atomic mass is 79.9. The van der Waals surface area contributed by atoms with Crippen LogP contribution in [0.2, 0.25) is 0 Å². The first kappa shape index (κ1) is 13.6. The van der Waals surface area contributed by atoms with Crippen molar-refractivity contribution in [2.24, 2.45) is 0 Å². The van der Waals surface area contributed by atoms with Gasteiger partial charge < -0.3 is 10.5 Å². The van der Waals surface area contributed by atoms with E-state index >= 15 is 0 Å². The second-order valence-electron chi connectivity index (χ2n) is 3.95. The van der Waals surface area contributed by atoms with Crippen molar-refractivity contribution in [1.29, 1.82) is 0 Å². The maximum atomic E-state index is 11.5. The summed E-state index contributed by atoms with van der Waals surface area (Å²) in [5.41, 5.74) is 7.97. The van der Waals surface area contributed by atoms with Crippen molar-refractivity contribution in [1.82, 2.24) is 9.78 Å². The minimum Gasteiger partial charge on any atom is -0.462 e. The fourth-order valence-corrected chi connectivity index (χ4v) is 2.18. The van der Waals surface area contributed by atoms with Gasteiger partial charge in [0.05, 0.1) is 24.9 Å². The largest absolute Gasteiger partial charge is 0.462 e. The molecule has 2 N–H and O–H groups in total. The monoisotopic (exact) mass is 323 g/mol. The number of ether oxygens (including phenoxy) is 1. The molecule has 0 atom stereocenters. The molecular formula is C13H14BrN3O2. The number of carbonyl (C=O) groups excluding carboxylic acids is 1. The van der Waals surface area contributed by atoms with Crippen molar-refractivity contribution in [3.8, 4) is 0 Å². The Bertz CT molecular complexity index is 575. The zero-order valence-electron chi connectivity index (χ0n) is 10.5. The van der Waals surface area contributed by atoms with Gasteiger partial charge in [-0.3, -0.25) is 4.68 Å². The summed E-state index contributed by atoms with van der Waals surface area (Å²) in [5.74, 6) is -0.367. The molecule has 19 heavy (non-hydrogen) atoms. The molecule has 5 nitrogen and oxygen atoms in total. The molecular weight excluding hydrogens is 310 g/mol. The quantitative estimate of drug-likeness (QED) is 0.693. The van der Waals surface area contributed by atoms with E-state index in [2.05, 4.69) is 21.0 Å². The smallest absolute Gasteiger partial charge is 0.341 e. The van der Waals surface area contributed by atoms with E-state index in [1.54, 1.807) is 17.8 Å². The highest BCUT2D eigenvalue weighted by molar-refractivity contribution is 9.10. The second kappa shape index (κ2) is 5.88. The van der Waals surface area contributed by atoms with E-state index in [0.29, 0.717) is 24.4 Å². The number of carbonyl (C=O) groups is 1. The Morgan fingerprint density at radius 2 is 2.32 bits per heavy atom. The maximum Gasteiger partial charge on any atom is 0.341 e. The molecule has 100 valence electrons. The number of nitrogen functional groups attached to an aromatic ring is 1. The number of hydrogen-bond acceptors (Lipinski definition) is 4. The minimum absolute atomic E-state index is 0.348. The van der Waals surface area contributed by atoms with Gasteiger partial charge in [0, 0.05) is 21.9 Å². The van der Waals surface area contributed by atoms with Gasteiger partial charge in [0.15, 0.2) is 0 Å². The van der Waals surface area contributed by atoms with Crippen LogP contribution in [0.3, 0.4) is 0 Å². The highest BCUT2D eigenvalue weighted by Gasteiger charge is 2.11. The fraction of sp³-hybridized carbons (Fsp3) is 0.231. The number of hydrogen-bond donors (Lipinski definition) is 1.